The summed E-state index contributed by atoms with van der Waals surface area (Å²) in [4.78, 5) is 122. The lowest BCUT2D eigenvalue weighted by molar-refractivity contribution is -0.144. The number of carbonyl (C=O) groups excluding carboxylic acids is 7. The molecule has 408 valence electrons. The number of amides is 7. The lowest BCUT2D eigenvalue weighted by atomic mass is 9.94. The number of rotatable bonds is 14. The van der Waals surface area contributed by atoms with Gasteiger partial charge in [-0.05, 0) is 87.4 Å². The number of methoxy groups -OCH3 is 1. The molecular formula is C55H69N7O14. The van der Waals surface area contributed by atoms with Crippen molar-refractivity contribution in [3.63, 3.8) is 0 Å². The zero-order valence-corrected chi connectivity index (χ0v) is 43.3. The molecule has 0 saturated carbocycles. The molecule has 9 unspecified atom stereocenters. The molecule has 1 saturated heterocycles. The molecule has 1 aliphatic heterocycles. The Morgan fingerprint density at radius 3 is 1.88 bits per heavy atom. The number of carboxylic acids is 2. The molecule has 0 radical (unpaired) electrons. The van der Waals surface area contributed by atoms with Crippen LogP contribution in [0.4, 0.5) is 0 Å². The van der Waals surface area contributed by atoms with Crippen molar-refractivity contribution in [2.45, 2.75) is 122 Å². The monoisotopic (exact) mass is 1050 g/mol. The third kappa shape index (κ3) is 19.5. The Bertz CT molecular complexity index is 2620. The number of phenols is 2. The molecule has 3 aromatic rings. The quantitative estimate of drug-likeness (QED) is 0.0817. The first-order chi connectivity index (χ1) is 36.1. The first kappa shape index (κ1) is 60.2. The van der Waals surface area contributed by atoms with E-state index in [1.807, 2.05) is 43.3 Å². The highest BCUT2D eigenvalue weighted by Crippen LogP contribution is 2.19. The van der Waals surface area contributed by atoms with E-state index in [1.165, 1.54) is 69.3 Å². The number of nitrogens with one attached hydrogen (secondary N) is 7. The molecule has 7 amide bonds. The number of carboxylic acid groups (broad SMARTS) is 2. The summed E-state index contributed by atoms with van der Waals surface area (Å²) in [5, 5.41) is 57.7. The summed E-state index contributed by atoms with van der Waals surface area (Å²) in [7, 11) is 1.61. The minimum absolute atomic E-state index is 0.0285. The zero-order valence-electron chi connectivity index (χ0n) is 43.3. The van der Waals surface area contributed by atoms with Gasteiger partial charge in [-0.3, -0.25) is 33.6 Å². The summed E-state index contributed by atoms with van der Waals surface area (Å²) in [5.41, 5.74) is 2.50. The van der Waals surface area contributed by atoms with E-state index in [-0.39, 0.29) is 48.5 Å². The number of hydrogen-bond acceptors (Lipinski definition) is 12. The number of ether oxygens (including phenoxy) is 1. The van der Waals surface area contributed by atoms with E-state index in [4.69, 9.17) is 4.74 Å². The van der Waals surface area contributed by atoms with Gasteiger partial charge >= 0.3 is 11.9 Å². The fraction of sp³-hybridized carbons (Fsp3) is 0.400. The van der Waals surface area contributed by atoms with E-state index in [0.29, 0.717) is 23.1 Å². The van der Waals surface area contributed by atoms with Crippen LogP contribution in [-0.2, 0) is 67.2 Å². The van der Waals surface area contributed by atoms with Crippen LogP contribution in [0.2, 0.25) is 0 Å². The van der Waals surface area contributed by atoms with Crippen LogP contribution in [0, 0.1) is 11.8 Å². The first-order valence-corrected chi connectivity index (χ1v) is 24.8. The first-order valence-electron chi connectivity index (χ1n) is 24.8. The van der Waals surface area contributed by atoms with Crippen LogP contribution in [-0.4, -0.2) is 123 Å². The predicted molar refractivity (Wildman–Crippen MR) is 279 cm³/mol. The Morgan fingerprint density at radius 2 is 1.29 bits per heavy atom. The summed E-state index contributed by atoms with van der Waals surface area (Å²) in [6.45, 7) is 7.88. The molecule has 21 heteroatoms. The van der Waals surface area contributed by atoms with Crippen LogP contribution >= 0.6 is 0 Å². The van der Waals surface area contributed by atoms with Crippen molar-refractivity contribution in [2.75, 3.05) is 7.11 Å². The highest BCUT2D eigenvalue weighted by Gasteiger charge is 2.34. The van der Waals surface area contributed by atoms with Gasteiger partial charge in [-0.2, -0.15) is 0 Å². The number of allylic oxidation sites excluding steroid dienone is 3. The van der Waals surface area contributed by atoms with Crippen molar-refractivity contribution in [2.24, 2.45) is 11.8 Å². The van der Waals surface area contributed by atoms with Gasteiger partial charge in [0.15, 0.2) is 0 Å². The molecule has 9 atom stereocenters. The molecular weight excluding hydrogens is 983 g/mol. The number of carbonyl (C=O) groups is 9. The van der Waals surface area contributed by atoms with Crippen LogP contribution in [0.1, 0.15) is 77.0 Å². The van der Waals surface area contributed by atoms with Gasteiger partial charge in [0.1, 0.15) is 47.4 Å². The normalized spacial score (nSPS) is 23.8. The molecule has 0 aliphatic carbocycles. The minimum atomic E-state index is -1.92. The van der Waals surface area contributed by atoms with Crippen LogP contribution < -0.4 is 37.2 Å². The largest absolute Gasteiger partial charge is 0.508 e. The standard InChI is InChI=1S/C55H69N7O14/c1-7-40-51(69)56-34(5)50(68)60-42(24-18-35-14-19-38(63)20-15-35)52(70)62-45(55(74)75)30-48(66)58-44(28-37-16-21-39(64)22-17-37)53(71)59-41(33(4)49(67)61-43(54(72)73)25-26-47(65)57-40)23-13-31(2)27-32(3)46(76-6)29-36-11-9-8-10-12-36/h7-17,19-23,27,32-34,41-46,63-64H,18,24-26,28-30H2,1-6H3,(H,56,69)(H,57,65)(H,58,66)(H,59,71)(H,60,68)(H,61,67)(H,62,70)(H,72,73)(H,74,75). The SMILES string of the molecule is CC=C1NC(=O)CCC(C(=O)O)NC(=O)C(C)C(C=CC(C)=CC(C)C(Cc2ccccc2)OC)NC(=O)C(Cc2ccc(O)cc2)NC(=O)CC(C(=O)O)NC(=O)C(CCc2ccc(O)cc2)NC(=O)C(C)NC1=O. The van der Waals surface area contributed by atoms with Crippen molar-refractivity contribution in [1.29, 1.82) is 0 Å². The highest BCUT2D eigenvalue weighted by atomic mass is 16.5. The van der Waals surface area contributed by atoms with Gasteiger partial charge in [0.05, 0.1) is 24.5 Å². The van der Waals surface area contributed by atoms with Crippen molar-refractivity contribution in [1.82, 2.24) is 37.2 Å². The zero-order chi connectivity index (χ0) is 56.1. The molecule has 1 fully saturated rings. The van der Waals surface area contributed by atoms with Crippen molar-refractivity contribution >= 4 is 53.3 Å². The molecule has 11 N–H and O–H groups in total. The second-order valence-electron chi connectivity index (χ2n) is 18.7. The number of benzene rings is 3. The van der Waals surface area contributed by atoms with Crippen LogP contribution in [0.25, 0.3) is 0 Å². The molecule has 3 aromatic carbocycles. The highest BCUT2D eigenvalue weighted by molar-refractivity contribution is 6.00. The lowest BCUT2D eigenvalue weighted by Gasteiger charge is -2.27. The van der Waals surface area contributed by atoms with Crippen molar-refractivity contribution in [3.05, 3.63) is 131 Å². The summed E-state index contributed by atoms with van der Waals surface area (Å²) in [5.74, 6) is -11.0. The van der Waals surface area contributed by atoms with Crippen molar-refractivity contribution < 1.29 is 68.3 Å². The molecule has 0 bridgehead atoms. The molecule has 0 spiro atoms. The Morgan fingerprint density at radius 1 is 0.697 bits per heavy atom. The van der Waals surface area contributed by atoms with Gasteiger partial charge in [0, 0.05) is 25.9 Å². The van der Waals surface area contributed by atoms with E-state index in [1.54, 1.807) is 32.2 Å². The fourth-order valence-corrected chi connectivity index (χ4v) is 8.11. The number of hydrogen-bond donors (Lipinski definition) is 11. The van der Waals surface area contributed by atoms with E-state index < -0.39 is 115 Å². The van der Waals surface area contributed by atoms with Gasteiger partial charge in [-0.1, -0.05) is 98.3 Å². The minimum Gasteiger partial charge on any atom is -0.508 e. The van der Waals surface area contributed by atoms with Gasteiger partial charge < -0.3 is 62.4 Å². The van der Waals surface area contributed by atoms with E-state index in [0.717, 1.165) is 5.56 Å². The number of phenolic OH excluding ortho intramolecular Hbond substituents is 2. The average Bonchev–Trinajstić information content (AvgIpc) is 3.38. The summed E-state index contributed by atoms with van der Waals surface area (Å²) < 4.78 is 5.82. The Balaban J connectivity index is 1.76. The smallest absolute Gasteiger partial charge is 0.326 e. The lowest BCUT2D eigenvalue weighted by Crippen LogP contribution is -2.57. The maximum atomic E-state index is 14.5. The molecule has 4 rings (SSSR count). The third-order valence-corrected chi connectivity index (χ3v) is 12.7. The second-order valence-corrected chi connectivity index (χ2v) is 18.7. The molecule has 1 heterocycles. The number of aromatic hydroxyl groups is 2. The van der Waals surface area contributed by atoms with Gasteiger partial charge in [0.2, 0.25) is 35.4 Å². The second kappa shape index (κ2) is 29.5. The Kier molecular flexibility index (Phi) is 23.4. The van der Waals surface area contributed by atoms with E-state index in [9.17, 15) is 63.6 Å². The number of aliphatic carboxylic acids is 2. The predicted octanol–water partition coefficient (Wildman–Crippen LogP) is 2.61. The molecule has 0 aromatic heterocycles. The maximum absolute atomic E-state index is 14.5. The van der Waals surface area contributed by atoms with Gasteiger partial charge in [0.25, 0.3) is 5.91 Å². The van der Waals surface area contributed by atoms with Crippen LogP contribution in [0.3, 0.4) is 0 Å². The maximum Gasteiger partial charge on any atom is 0.326 e. The molecule has 76 heavy (non-hydrogen) atoms. The molecule has 21 nitrogen and oxygen atoms in total. The number of aryl methyl sites for hydroxylation is 1. The van der Waals surface area contributed by atoms with Crippen LogP contribution in [0.15, 0.2) is 114 Å². The fourth-order valence-electron chi connectivity index (χ4n) is 8.11. The van der Waals surface area contributed by atoms with Crippen molar-refractivity contribution in [3.8, 4) is 11.5 Å². The van der Waals surface area contributed by atoms with Gasteiger partial charge in [-0.15, -0.1) is 0 Å². The van der Waals surface area contributed by atoms with E-state index >= 15 is 0 Å². The summed E-state index contributed by atoms with van der Waals surface area (Å²) >= 11 is 0. The molecule has 1 aliphatic rings. The Hall–Kier alpha value is -8.33. The average molecular weight is 1050 g/mol. The third-order valence-electron chi connectivity index (χ3n) is 12.7. The van der Waals surface area contributed by atoms with E-state index in [2.05, 4.69) is 37.2 Å². The van der Waals surface area contributed by atoms with Crippen LogP contribution in [0.5, 0.6) is 11.5 Å². The topological polar surface area (TPSA) is 328 Å². The summed E-state index contributed by atoms with van der Waals surface area (Å²) in [6.07, 6.45) is 4.61. The Labute approximate surface area is 441 Å². The van der Waals surface area contributed by atoms with Gasteiger partial charge in [-0.25, -0.2) is 9.59 Å². The summed E-state index contributed by atoms with van der Waals surface area (Å²) in [6, 6.07) is 12.3.